The van der Waals surface area contributed by atoms with Crippen LogP contribution < -0.4 is 0 Å². The maximum atomic E-state index is 12.3. The molecule has 112 valence electrons. The standard InChI is InChI=1S/C17H21NO3/c1-4-5-7-12-15-18(16(19)17(2,3)21-15)20-13-14-10-8-6-9-11-14/h4-12,15H,13H2,1-3H3/b5-4+,12-7+/t15-/m0/s1. The van der Waals surface area contributed by atoms with E-state index in [4.69, 9.17) is 9.57 Å². The van der Waals surface area contributed by atoms with E-state index < -0.39 is 11.8 Å². The summed E-state index contributed by atoms with van der Waals surface area (Å²) in [5, 5.41) is 1.31. The third-order valence-corrected chi connectivity index (χ3v) is 3.15. The van der Waals surface area contributed by atoms with Crippen LogP contribution in [0.1, 0.15) is 26.3 Å². The average Bonchev–Trinajstić information content (AvgIpc) is 2.69. The van der Waals surface area contributed by atoms with Gasteiger partial charge in [0.05, 0.1) is 0 Å². The van der Waals surface area contributed by atoms with Crippen LogP contribution in [-0.4, -0.2) is 22.8 Å². The lowest BCUT2D eigenvalue weighted by Crippen LogP contribution is -2.37. The molecule has 1 aliphatic heterocycles. The molecule has 4 nitrogen and oxygen atoms in total. The number of allylic oxidation sites excluding steroid dienone is 3. The molecule has 1 aromatic carbocycles. The summed E-state index contributed by atoms with van der Waals surface area (Å²) in [6.45, 7) is 5.76. The lowest BCUT2D eigenvalue weighted by molar-refractivity contribution is -0.204. The van der Waals surface area contributed by atoms with Gasteiger partial charge in [-0.3, -0.25) is 9.63 Å². The van der Waals surface area contributed by atoms with E-state index in [1.807, 2.05) is 55.5 Å². The molecule has 1 saturated heterocycles. The van der Waals surface area contributed by atoms with Crippen molar-refractivity contribution >= 4 is 5.91 Å². The van der Waals surface area contributed by atoms with Crippen LogP contribution >= 0.6 is 0 Å². The molecule has 1 amide bonds. The maximum Gasteiger partial charge on any atom is 0.280 e. The van der Waals surface area contributed by atoms with Crippen molar-refractivity contribution < 1.29 is 14.4 Å². The number of ether oxygens (including phenoxy) is 1. The first kappa shape index (κ1) is 15.5. The number of hydrogen-bond acceptors (Lipinski definition) is 3. The highest BCUT2D eigenvalue weighted by molar-refractivity contribution is 5.85. The summed E-state index contributed by atoms with van der Waals surface area (Å²) in [5.74, 6) is -0.173. The van der Waals surface area contributed by atoms with Gasteiger partial charge in [-0.2, -0.15) is 5.06 Å². The fourth-order valence-corrected chi connectivity index (χ4v) is 2.02. The molecule has 4 heteroatoms. The first-order valence-electron chi connectivity index (χ1n) is 7.02. The van der Waals surface area contributed by atoms with Crippen LogP contribution in [-0.2, 0) is 21.0 Å². The minimum atomic E-state index is -0.873. The van der Waals surface area contributed by atoms with E-state index in [2.05, 4.69) is 0 Å². The van der Waals surface area contributed by atoms with E-state index in [1.54, 1.807) is 19.9 Å². The second-order valence-electron chi connectivity index (χ2n) is 5.32. The fraction of sp³-hybridized carbons (Fsp3) is 0.353. The van der Waals surface area contributed by atoms with Crippen molar-refractivity contribution in [3.63, 3.8) is 0 Å². The van der Waals surface area contributed by atoms with Crippen molar-refractivity contribution in [2.24, 2.45) is 0 Å². The van der Waals surface area contributed by atoms with Gasteiger partial charge in [0.1, 0.15) is 12.2 Å². The topological polar surface area (TPSA) is 38.8 Å². The van der Waals surface area contributed by atoms with Gasteiger partial charge < -0.3 is 4.74 Å². The first-order valence-corrected chi connectivity index (χ1v) is 7.02. The highest BCUT2D eigenvalue weighted by Crippen LogP contribution is 2.28. The summed E-state index contributed by atoms with van der Waals surface area (Å²) in [4.78, 5) is 18.0. The van der Waals surface area contributed by atoms with Gasteiger partial charge in [-0.25, -0.2) is 0 Å². The SMILES string of the molecule is C/C=C/C=C/[C@@H]1OC(C)(C)C(=O)N1OCc1ccccc1. The molecule has 1 fully saturated rings. The molecule has 1 heterocycles. The number of hydroxylamine groups is 2. The monoisotopic (exact) mass is 287 g/mol. The third-order valence-electron chi connectivity index (χ3n) is 3.15. The summed E-state index contributed by atoms with van der Waals surface area (Å²) in [6.07, 6.45) is 6.94. The number of benzene rings is 1. The zero-order valence-corrected chi connectivity index (χ0v) is 12.7. The Balaban J connectivity index is 2.07. The number of amides is 1. The van der Waals surface area contributed by atoms with E-state index in [-0.39, 0.29) is 5.91 Å². The number of hydrogen-bond donors (Lipinski definition) is 0. The Bertz CT molecular complexity index is 534. The number of carbonyl (C=O) groups excluding carboxylic acids is 1. The molecule has 0 aromatic heterocycles. The van der Waals surface area contributed by atoms with Gasteiger partial charge in [0, 0.05) is 0 Å². The average molecular weight is 287 g/mol. The highest BCUT2D eigenvalue weighted by Gasteiger charge is 2.46. The van der Waals surface area contributed by atoms with Crippen LogP contribution in [0.3, 0.4) is 0 Å². The summed E-state index contributed by atoms with van der Waals surface area (Å²) in [6, 6.07) is 9.73. The summed E-state index contributed by atoms with van der Waals surface area (Å²) >= 11 is 0. The van der Waals surface area contributed by atoms with Gasteiger partial charge in [-0.05, 0) is 32.4 Å². The second-order valence-corrected chi connectivity index (χ2v) is 5.32. The van der Waals surface area contributed by atoms with Crippen molar-refractivity contribution in [1.29, 1.82) is 0 Å². The van der Waals surface area contributed by atoms with Crippen LogP contribution in [0, 0.1) is 0 Å². The lowest BCUT2D eigenvalue weighted by Gasteiger charge is -2.19. The zero-order valence-electron chi connectivity index (χ0n) is 12.7. The summed E-state index contributed by atoms with van der Waals surface area (Å²) in [5.41, 5.74) is 0.132. The Kier molecular flexibility index (Phi) is 4.94. The third kappa shape index (κ3) is 3.80. The number of nitrogens with zero attached hydrogens (tertiary/aromatic N) is 1. The van der Waals surface area contributed by atoms with Crippen molar-refractivity contribution in [2.45, 2.75) is 39.2 Å². The number of carbonyl (C=O) groups is 1. The molecule has 0 aliphatic carbocycles. The van der Waals surface area contributed by atoms with Crippen molar-refractivity contribution in [3.05, 3.63) is 60.2 Å². The van der Waals surface area contributed by atoms with Crippen molar-refractivity contribution in [1.82, 2.24) is 5.06 Å². The molecular weight excluding hydrogens is 266 g/mol. The quantitative estimate of drug-likeness (QED) is 0.781. The Morgan fingerprint density at radius 2 is 2.00 bits per heavy atom. The van der Waals surface area contributed by atoms with Crippen LogP contribution in [0.5, 0.6) is 0 Å². The van der Waals surface area contributed by atoms with E-state index in [0.29, 0.717) is 6.61 Å². The van der Waals surface area contributed by atoms with Gasteiger partial charge in [0.25, 0.3) is 5.91 Å². The van der Waals surface area contributed by atoms with Crippen LogP contribution in [0.25, 0.3) is 0 Å². The van der Waals surface area contributed by atoms with Crippen molar-refractivity contribution in [3.8, 4) is 0 Å². The van der Waals surface area contributed by atoms with Gasteiger partial charge in [-0.1, -0.05) is 48.6 Å². The molecule has 0 N–H and O–H groups in total. The molecule has 1 aromatic rings. The second kappa shape index (κ2) is 6.70. The van der Waals surface area contributed by atoms with Gasteiger partial charge in [0.15, 0.2) is 6.23 Å². The first-order chi connectivity index (χ1) is 10.0. The highest BCUT2D eigenvalue weighted by atomic mass is 16.7. The Labute approximate surface area is 125 Å². The predicted molar refractivity (Wildman–Crippen MR) is 81.0 cm³/mol. The van der Waals surface area contributed by atoms with Crippen LogP contribution in [0.2, 0.25) is 0 Å². The Morgan fingerprint density at radius 1 is 1.29 bits per heavy atom. The molecule has 21 heavy (non-hydrogen) atoms. The molecule has 0 bridgehead atoms. The molecule has 0 unspecified atom stereocenters. The maximum absolute atomic E-state index is 12.3. The lowest BCUT2D eigenvalue weighted by atomic mass is 10.1. The normalized spacial score (nSPS) is 21.8. The molecule has 0 radical (unpaired) electrons. The smallest absolute Gasteiger partial charge is 0.280 e. The fourth-order valence-electron chi connectivity index (χ4n) is 2.02. The largest absolute Gasteiger partial charge is 0.336 e. The van der Waals surface area contributed by atoms with E-state index >= 15 is 0 Å². The summed E-state index contributed by atoms with van der Waals surface area (Å²) < 4.78 is 5.74. The Morgan fingerprint density at radius 3 is 2.67 bits per heavy atom. The molecular formula is C17H21NO3. The molecule has 0 saturated carbocycles. The van der Waals surface area contributed by atoms with Gasteiger partial charge >= 0.3 is 0 Å². The van der Waals surface area contributed by atoms with E-state index in [9.17, 15) is 4.79 Å². The molecule has 1 aliphatic rings. The zero-order chi connectivity index (χ0) is 15.3. The Hall–Kier alpha value is -1.91. The number of rotatable bonds is 5. The van der Waals surface area contributed by atoms with Crippen LogP contribution in [0.15, 0.2) is 54.6 Å². The minimum Gasteiger partial charge on any atom is -0.336 e. The van der Waals surface area contributed by atoms with Crippen LogP contribution in [0.4, 0.5) is 0 Å². The van der Waals surface area contributed by atoms with Crippen molar-refractivity contribution in [2.75, 3.05) is 0 Å². The predicted octanol–water partition coefficient (Wildman–Crippen LogP) is 3.21. The molecule has 1 atom stereocenters. The van der Waals surface area contributed by atoms with E-state index in [0.717, 1.165) is 5.56 Å². The van der Waals surface area contributed by atoms with Gasteiger partial charge in [-0.15, -0.1) is 0 Å². The summed E-state index contributed by atoms with van der Waals surface area (Å²) in [7, 11) is 0. The molecule has 2 rings (SSSR count). The van der Waals surface area contributed by atoms with E-state index in [1.165, 1.54) is 5.06 Å². The minimum absolute atomic E-state index is 0.173. The van der Waals surface area contributed by atoms with Gasteiger partial charge in [0.2, 0.25) is 0 Å². The molecule has 0 spiro atoms.